The van der Waals surface area contributed by atoms with Crippen molar-refractivity contribution < 1.29 is 9.90 Å². The van der Waals surface area contributed by atoms with Gasteiger partial charge in [-0.1, -0.05) is 90.5 Å². The molecule has 0 aliphatic carbocycles. The highest BCUT2D eigenvalue weighted by Gasteiger charge is 2.19. The van der Waals surface area contributed by atoms with Crippen molar-refractivity contribution in [3.8, 4) is 11.1 Å². The van der Waals surface area contributed by atoms with Gasteiger partial charge in [0.1, 0.15) is 0 Å². The number of likely N-dealkylation sites (tertiary alicyclic amines) is 1. The van der Waals surface area contributed by atoms with E-state index in [1.807, 2.05) is 11.0 Å². The number of carbonyl (C=O) groups excluding carboxylic acids is 1. The van der Waals surface area contributed by atoms with Gasteiger partial charge in [-0.2, -0.15) is 0 Å². The topological polar surface area (TPSA) is 55.8 Å². The van der Waals surface area contributed by atoms with Gasteiger partial charge >= 0.3 is 0 Å². The van der Waals surface area contributed by atoms with Gasteiger partial charge in [-0.25, -0.2) is 0 Å². The zero-order valence-corrected chi connectivity index (χ0v) is 23.8. The summed E-state index contributed by atoms with van der Waals surface area (Å²) in [6.45, 7) is 9.30. The number of aryl methyl sites for hydroxylation is 1. The molecule has 1 atom stereocenters. The minimum absolute atomic E-state index is 0.339. The summed E-state index contributed by atoms with van der Waals surface area (Å²) in [7, 11) is 3.19. The molecular weight excluding hydrogens is 470 g/mol. The summed E-state index contributed by atoms with van der Waals surface area (Å²) in [4.78, 5) is 16.0. The Kier molecular flexibility index (Phi) is 15.0. The van der Waals surface area contributed by atoms with Crippen LogP contribution in [-0.4, -0.2) is 67.2 Å². The molecular formula is C33H47N3O2. The monoisotopic (exact) mass is 517 g/mol. The van der Waals surface area contributed by atoms with Gasteiger partial charge < -0.3 is 20.2 Å². The van der Waals surface area contributed by atoms with Crippen molar-refractivity contribution in [1.82, 2.24) is 15.1 Å². The largest absolute Gasteiger partial charge is 0.400 e. The highest BCUT2D eigenvalue weighted by atomic mass is 16.2. The lowest BCUT2D eigenvalue weighted by Crippen LogP contribution is -2.35. The van der Waals surface area contributed by atoms with Crippen LogP contribution in [0.5, 0.6) is 0 Å². The molecule has 1 heterocycles. The molecule has 1 aliphatic rings. The third kappa shape index (κ3) is 11.6. The van der Waals surface area contributed by atoms with Crippen molar-refractivity contribution in [1.29, 1.82) is 0 Å². The van der Waals surface area contributed by atoms with E-state index in [1.165, 1.54) is 22.3 Å². The Morgan fingerprint density at radius 3 is 2.13 bits per heavy atom. The smallest absolute Gasteiger partial charge is 0.222 e. The Morgan fingerprint density at radius 2 is 1.53 bits per heavy atom. The van der Waals surface area contributed by atoms with E-state index in [0.717, 1.165) is 65.5 Å². The number of nitrogens with one attached hydrogen (secondary N) is 1. The molecule has 1 saturated heterocycles. The van der Waals surface area contributed by atoms with Gasteiger partial charge in [0.2, 0.25) is 5.91 Å². The van der Waals surface area contributed by atoms with Crippen molar-refractivity contribution >= 4 is 5.91 Å². The van der Waals surface area contributed by atoms with Crippen molar-refractivity contribution in [2.24, 2.45) is 0 Å². The SMILES string of the molecule is CC(CCNCc1ccccc1)N(C)CCCN1CCCC1=O.CO.Cc1ccc(-c2ccccc2)cc1. The van der Waals surface area contributed by atoms with E-state index < -0.39 is 0 Å². The van der Waals surface area contributed by atoms with E-state index in [4.69, 9.17) is 5.11 Å². The van der Waals surface area contributed by atoms with E-state index >= 15 is 0 Å². The Balaban J connectivity index is 0.000000284. The number of hydrogen-bond donors (Lipinski definition) is 2. The molecule has 38 heavy (non-hydrogen) atoms. The van der Waals surface area contributed by atoms with Gasteiger partial charge in [0.15, 0.2) is 0 Å². The fourth-order valence-electron chi connectivity index (χ4n) is 4.41. The second kappa shape index (κ2) is 18.3. The van der Waals surface area contributed by atoms with Gasteiger partial charge in [0.05, 0.1) is 0 Å². The van der Waals surface area contributed by atoms with Crippen LogP contribution >= 0.6 is 0 Å². The first-order valence-corrected chi connectivity index (χ1v) is 13.8. The lowest BCUT2D eigenvalue weighted by atomic mass is 10.0. The molecule has 0 saturated carbocycles. The maximum absolute atomic E-state index is 11.6. The molecule has 0 spiro atoms. The van der Waals surface area contributed by atoms with Crippen LogP contribution in [0.1, 0.15) is 43.7 Å². The second-order valence-corrected chi connectivity index (χ2v) is 9.85. The third-order valence-electron chi connectivity index (χ3n) is 6.93. The number of rotatable bonds is 11. The van der Waals surface area contributed by atoms with E-state index in [9.17, 15) is 4.79 Å². The summed E-state index contributed by atoms with van der Waals surface area (Å²) in [5.74, 6) is 0.339. The quantitative estimate of drug-likeness (QED) is 0.317. The predicted molar refractivity (Wildman–Crippen MR) is 160 cm³/mol. The molecule has 5 nitrogen and oxygen atoms in total. The normalized spacial score (nSPS) is 13.4. The lowest BCUT2D eigenvalue weighted by Gasteiger charge is -2.26. The molecule has 0 aromatic heterocycles. The molecule has 1 aliphatic heterocycles. The molecule has 3 aromatic rings. The number of hydrogen-bond acceptors (Lipinski definition) is 4. The molecule has 2 N–H and O–H groups in total. The van der Waals surface area contributed by atoms with E-state index in [2.05, 4.69) is 110 Å². The molecule has 4 rings (SSSR count). The Hall–Kier alpha value is -2.99. The number of benzene rings is 3. The number of aliphatic hydroxyl groups is 1. The minimum Gasteiger partial charge on any atom is -0.400 e. The first kappa shape index (κ1) is 31.2. The highest BCUT2D eigenvalue weighted by molar-refractivity contribution is 5.78. The summed E-state index contributed by atoms with van der Waals surface area (Å²) < 4.78 is 0. The average Bonchev–Trinajstić information content (AvgIpc) is 3.38. The zero-order chi connectivity index (χ0) is 27.6. The zero-order valence-electron chi connectivity index (χ0n) is 23.8. The van der Waals surface area contributed by atoms with Crippen LogP contribution in [0.15, 0.2) is 84.9 Å². The van der Waals surface area contributed by atoms with Crippen LogP contribution in [0.3, 0.4) is 0 Å². The summed E-state index contributed by atoms with van der Waals surface area (Å²) in [5, 5.41) is 10.5. The summed E-state index contributed by atoms with van der Waals surface area (Å²) in [5.41, 5.74) is 5.21. The molecule has 3 aromatic carbocycles. The molecule has 0 bridgehead atoms. The maximum atomic E-state index is 11.6. The fourth-order valence-corrected chi connectivity index (χ4v) is 4.41. The maximum Gasteiger partial charge on any atom is 0.222 e. The predicted octanol–water partition coefficient (Wildman–Crippen LogP) is 5.77. The highest BCUT2D eigenvalue weighted by Crippen LogP contribution is 2.18. The van der Waals surface area contributed by atoms with Crippen molar-refractivity contribution in [3.63, 3.8) is 0 Å². The van der Waals surface area contributed by atoms with Crippen LogP contribution in [0, 0.1) is 6.92 Å². The third-order valence-corrected chi connectivity index (χ3v) is 6.93. The molecule has 1 amide bonds. The van der Waals surface area contributed by atoms with Gasteiger partial charge in [-0.05, 0) is 69.9 Å². The van der Waals surface area contributed by atoms with E-state index in [-0.39, 0.29) is 0 Å². The summed E-state index contributed by atoms with van der Waals surface area (Å²) in [6.07, 6.45) is 4.01. The Bertz CT molecular complexity index is 1010. The summed E-state index contributed by atoms with van der Waals surface area (Å²) in [6, 6.07) is 30.1. The fraction of sp³-hybridized carbons (Fsp3) is 0.424. The molecule has 1 fully saturated rings. The van der Waals surface area contributed by atoms with Gasteiger partial charge in [0.25, 0.3) is 0 Å². The molecule has 206 valence electrons. The molecule has 1 unspecified atom stereocenters. The van der Waals surface area contributed by atoms with Gasteiger partial charge in [-0.15, -0.1) is 0 Å². The van der Waals surface area contributed by atoms with E-state index in [1.54, 1.807) is 0 Å². The Labute approximate surface area is 230 Å². The standard InChI is InChI=1S/C19H31N3O.C13H12.CH4O/c1-17(11-12-20-16-18-8-4-3-5-9-18)21(2)13-7-15-22-14-6-10-19(22)23;1-11-7-9-13(10-8-11)12-5-3-2-4-6-12;1-2/h3-5,8-9,17,20H,6-7,10-16H2,1-2H3;2-10H,1H3;2H,1H3. The first-order chi connectivity index (χ1) is 18.5. The van der Waals surface area contributed by atoms with Crippen LogP contribution in [0.25, 0.3) is 11.1 Å². The van der Waals surface area contributed by atoms with Gasteiger partial charge in [-0.3, -0.25) is 4.79 Å². The van der Waals surface area contributed by atoms with Crippen LogP contribution < -0.4 is 5.32 Å². The lowest BCUT2D eigenvalue weighted by molar-refractivity contribution is -0.127. The number of carbonyl (C=O) groups is 1. The van der Waals surface area contributed by atoms with Crippen molar-refractivity contribution in [3.05, 3.63) is 96.1 Å². The van der Waals surface area contributed by atoms with Gasteiger partial charge in [0, 0.05) is 39.2 Å². The summed E-state index contributed by atoms with van der Waals surface area (Å²) >= 11 is 0. The van der Waals surface area contributed by atoms with Crippen molar-refractivity contribution in [2.45, 2.75) is 52.1 Å². The molecule has 5 heteroatoms. The average molecular weight is 518 g/mol. The van der Waals surface area contributed by atoms with Crippen molar-refractivity contribution in [2.75, 3.05) is 40.3 Å². The van der Waals surface area contributed by atoms with Crippen LogP contribution in [-0.2, 0) is 11.3 Å². The minimum atomic E-state index is 0.339. The van der Waals surface area contributed by atoms with Crippen LogP contribution in [0.4, 0.5) is 0 Å². The first-order valence-electron chi connectivity index (χ1n) is 13.8. The number of amides is 1. The second-order valence-electron chi connectivity index (χ2n) is 9.85. The Morgan fingerprint density at radius 1 is 0.921 bits per heavy atom. The number of aliphatic hydroxyl groups excluding tert-OH is 1. The number of nitrogens with zero attached hydrogens (tertiary/aromatic N) is 2. The van der Waals surface area contributed by atoms with Crippen LogP contribution in [0.2, 0.25) is 0 Å². The van der Waals surface area contributed by atoms with E-state index in [0.29, 0.717) is 11.9 Å². The molecule has 0 radical (unpaired) electrons.